The third-order valence-corrected chi connectivity index (χ3v) is 4.25. The number of aromatic nitrogens is 3. The summed E-state index contributed by atoms with van der Waals surface area (Å²) < 4.78 is 0.962. The highest BCUT2D eigenvalue weighted by atomic mass is 35.5. The Balaban J connectivity index is 2.61. The van der Waals surface area contributed by atoms with Crippen molar-refractivity contribution in [1.29, 1.82) is 0 Å². The van der Waals surface area contributed by atoms with Crippen molar-refractivity contribution in [3.8, 4) is 0 Å². The maximum absolute atomic E-state index is 11.5. The van der Waals surface area contributed by atoms with Gasteiger partial charge in [0.2, 0.25) is 5.82 Å². The number of halogens is 3. The SMILES string of the molecule is O=[N+]([O-])C(C(Cl)=C(Cl)Cl)=C(N1CCCCCC1)n1cncn1. The smallest absolute Gasteiger partial charge is 0.332 e. The number of hydrogen-bond acceptors (Lipinski definition) is 5. The van der Waals surface area contributed by atoms with Crippen LogP contribution in [0.2, 0.25) is 0 Å². The van der Waals surface area contributed by atoms with Crippen LogP contribution >= 0.6 is 34.8 Å². The highest BCUT2D eigenvalue weighted by molar-refractivity contribution is 6.59. The van der Waals surface area contributed by atoms with Gasteiger partial charge in [0, 0.05) is 13.1 Å². The fraction of sp³-hybridized carbons (Fsp3) is 0.500. The molecule has 0 atom stereocenters. The van der Waals surface area contributed by atoms with E-state index in [1.807, 2.05) is 4.90 Å². The molecule has 0 saturated carbocycles. The molecule has 0 bridgehead atoms. The number of nitro groups is 1. The zero-order valence-electron chi connectivity index (χ0n) is 11.6. The monoisotopic (exact) mass is 365 g/mol. The zero-order chi connectivity index (χ0) is 16.1. The Hall–Kier alpha value is -1.31. The van der Waals surface area contributed by atoms with E-state index in [0.717, 1.165) is 25.7 Å². The summed E-state index contributed by atoms with van der Waals surface area (Å²) >= 11 is 17.3. The molecule has 0 spiro atoms. The van der Waals surface area contributed by atoms with Crippen molar-refractivity contribution < 1.29 is 4.92 Å². The lowest BCUT2D eigenvalue weighted by molar-refractivity contribution is -0.419. The molecule has 22 heavy (non-hydrogen) atoms. The van der Waals surface area contributed by atoms with Crippen molar-refractivity contribution in [2.45, 2.75) is 25.7 Å². The van der Waals surface area contributed by atoms with Crippen LogP contribution in [0.1, 0.15) is 25.7 Å². The molecule has 0 aromatic carbocycles. The summed E-state index contributed by atoms with van der Waals surface area (Å²) in [5, 5.41) is 15.2. The largest absolute Gasteiger partial charge is 0.351 e. The van der Waals surface area contributed by atoms with Crippen LogP contribution in [0.5, 0.6) is 0 Å². The fourth-order valence-electron chi connectivity index (χ4n) is 2.35. The van der Waals surface area contributed by atoms with Crippen LogP contribution in [0.25, 0.3) is 5.82 Å². The lowest BCUT2D eigenvalue weighted by Crippen LogP contribution is -2.29. The molecule has 0 radical (unpaired) electrons. The van der Waals surface area contributed by atoms with E-state index in [1.54, 1.807) is 0 Å². The zero-order valence-corrected chi connectivity index (χ0v) is 13.9. The van der Waals surface area contributed by atoms with Crippen molar-refractivity contribution in [1.82, 2.24) is 19.7 Å². The first kappa shape index (κ1) is 17.1. The quantitative estimate of drug-likeness (QED) is 0.463. The molecule has 1 saturated heterocycles. The van der Waals surface area contributed by atoms with Crippen molar-refractivity contribution in [3.05, 3.63) is 38.0 Å². The standard InChI is InChI=1S/C12H14Cl3N5O2/c13-9(11(14)15)10(20(21)22)12(19-8-16-7-17-19)18-5-3-1-2-4-6-18/h7-8H,1-6H2. The number of nitrogens with zero attached hydrogens (tertiary/aromatic N) is 5. The van der Waals surface area contributed by atoms with Crippen LogP contribution in [0.4, 0.5) is 0 Å². The van der Waals surface area contributed by atoms with E-state index < -0.39 is 4.92 Å². The topological polar surface area (TPSA) is 77.1 Å². The Morgan fingerprint density at radius 1 is 1.14 bits per heavy atom. The number of likely N-dealkylation sites (tertiary alicyclic amines) is 1. The summed E-state index contributed by atoms with van der Waals surface area (Å²) in [6.45, 7) is 1.33. The highest BCUT2D eigenvalue weighted by Crippen LogP contribution is 2.31. The van der Waals surface area contributed by atoms with Crippen molar-refractivity contribution in [2.24, 2.45) is 0 Å². The maximum atomic E-state index is 11.5. The van der Waals surface area contributed by atoms with Gasteiger partial charge in [-0.1, -0.05) is 47.6 Å². The Labute approximate surface area is 142 Å². The lowest BCUT2D eigenvalue weighted by atomic mass is 10.2. The van der Waals surface area contributed by atoms with Crippen LogP contribution in [0.15, 0.2) is 27.9 Å². The van der Waals surface area contributed by atoms with Crippen molar-refractivity contribution in [2.75, 3.05) is 13.1 Å². The minimum Gasteiger partial charge on any atom is -0.351 e. The van der Waals surface area contributed by atoms with Gasteiger partial charge in [-0.25, -0.2) is 4.98 Å². The first-order valence-corrected chi connectivity index (χ1v) is 7.85. The molecule has 0 unspecified atom stereocenters. The van der Waals surface area contributed by atoms with E-state index in [4.69, 9.17) is 34.8 Å². The summed E-state index contributed by atoms with van der Waals surface area (Å²) in [6, 6.07) is 0. The van der Waals surface area contributed by atoms with E-state index >= 15 is 0 Å². The van der Waals surface area contributed by atoms with Gasteiger partial charge >= 0.3 is 5.70 Å². The highest BCUT2D eigenvalue weighted by Gasteiger charge is 2.31. The molecule has 2 heterocycles. The van der Waals surface area contributed by atoms with Crippen LogP contribution in [0.3, 0.4) is 0 Å². The number of allylic oxidation sites excluding steroid dienone is 1. The van der Waals surface area contributed by atoms with Gasteiger partial charge in [0.05, 0.1) is 4.92 Å². The van der Waals surface area contributed by atoms with Gasteiger partial charge in [0.15, 0.2) is 5.03 Å². The first-order chi connectivity index (χ1) is 10.5. The number of rotatable bonds is 4. The van der Waals surface area contributed by atoms with Gasteiger partial charge in [-0.3, -0.25) is 10.1 Å². The second-order valence-electron chi connectivity index (χ2n) is 4.75. The molecule has 1 aromatic rings. The molecule has 1 aliphatic heterocycles. The third-order valence-electron chi connectivity index (χ3n) is 3.31. The molecule has 0 aliphatic carbocycles. The molecule has 1 aliphatic rings. The van der Waals surface area contributed by atoms with Gasteiger partial charge in [-0.2, -0.15) is 9.78 Å². The molecular formula is C12H14Cl3N5O2. The molecule has 10 heteroatoms. The van der Waals surface area contributed by atoms with Gasteiger partial charge in [0.1, 0.15) is 17.1 Å². The average Bonchev–Trinajstić information content (AvgIpc) is 2.86. The van der Waals surface area contributed by atoms with Crippen LogP contribution in [-0.4, -0.2) is 37.7 Å². The Bertz CT molecular complexity index is 588. The van der Waals surface area contributed by atoms with Crippen molar-refractivity contribution >= 4 is 40.6 Å². The van der Waals surface area contributed by atoms with Gasteiger partial charge in [-0.05, 0) is 12.8 Å². The molecule has 1 fully saturated rings. The normalized spacial score (nSPS) is 16.8. The Morgan fingerprint density at radius 2 is 1.77 bits per heavy atom. The molecule has 0 amide bonds. The fourth-order valence-corrected chi connectivity index (χ4v) is 2.69. The van der Waals surface area contributed by atoms with Crippen LogP contribution in [0, 0.1) is 10.1 Å². The van der Waals surface area contributed by atoms with E-state index in [9.17, 15) is 10.1 Å². The molecule has 2 rings (SSSR count). The minimum atomic E-state index is -0.602. The first-order valence-electron chi connectivity index (χ1n) is 6.72. The van der Waals surface area contributed by atoms with E-state index in [-0.39, 0.29) is 21.0 Å². The van der Waals surface area contributed by atoms with Gasteiger partial charge < -0.3 is 4.90 Å². The molecular weight excluding hydrogens is 353 g/mol. The summed E-state index contributed by atoms with van der Waals surface area (Å²) in [5.41, 5.74) is -0.380. The molecule has 1 aromatic heterocycles. The third kappa shape index (κ3) is 3.91. The average molecular weight is 367 g/mol. The summed E-state index contributed by atoms with van der Waals surface area (Å²) in [4.78, 5) is 16.7. The summed E-state index contributed by atoms with van der Waals surface area (Å²) in [7, 11) is 0. The minimum absolute atomic E-state index is 0.230. The molecule has 120 valence electrons. The Kier molecular flexibility index (Phi) is 6.05. The van der Waals surface area contributed by atoms with Crippen molar-refractivity contribution in [3.63, 3.8) is 0 Å². The predicted octanol–water partition coefficient (Wildman–Crippen LogP) is 3.44. The van der Waals surface area contributed by atoms with Crippen LogP contribution in [-0.2, 0) is 0 Å². The van der Waals surface area contributed by atoms with Gasteiger partial charge in [-0.15, -0.1) is 0 Å². The van der Waals surface area contributed by atoms with E-state index in [2.05, 4.69) is 10.1 Å². The predicted molar refractivity (Wildman–Crippen MR) is 84.9 cm³/mol. The number of hydrogen-bond donors (Lipinski definition) is 0. The molecule has 0 N–H and O–H groups in total. The summed E-state index contributed by atoms with van der Waals surface area (Å²) in [5.74, 6) is 0.230. The van der Waals surface area contributed by atoms with Crippen LogP contribution < -0.4 is 0 Å². The lowest BCUT2D eigenvalue weighted by Gasteiger charge is -2.24. The second kappa shape index (κ2) is 7.80. The van der Waals surface area contributed by atoms with E-state index in [0.29, 0.717) is 13.1 Å². The maximum Gasteiger partial charge on any atom is 0.332 e. The Morgan fingerprint density at radius 3 is 2.23 bits per heavy atom. The molecule has 7 nitrogen and oxygen atoms in total. The van der Waals surface area contributed by atoms with E-state index in [1.165, 1.54) is 17.3 Å². The second-order valence-corrected chi connectivity index (χ2v) is 6.07. The summed E-state index contributed by atoms with van der Waals surface area (Å²) in [6.07, 6.45) is 6.70. The van der Waals surface area contributed by atoms with Gasteiger partial charge in [0.25, 0.3) is 0 Å².